The molecule has 3 nitrogen and oxygen atoms in total. The van der Waals surface area contributed by atoms with Crippen molar-refractivity contribution >= 4 is 23.0 Å². The van der Waals surface area contributed by atoms with E-state index in [1.165, 1.54) is 5.56 Å². The fraction of sp³-hybridized carbons (Fsp3) is 0.294. The summed E-state index contributed by atoms with van der Waals surface area (Å²) in [5.74, 6) is 0.804. The van der Waals surface area contributed by atoms with Crippen LogP contribution < -0.4 is 11.1 Å². The van der Waals surface area contributed by atoms with Gasteiger partial charge < -0.3 is 11.1 Å². The highest BCUT2D eigenvalue weighted by Gasteiger charge is 2.18. The molecule has 3 N–H and O–H groups in total. The van der Waals surface area contributed by atoms with Crippen LogP contribution in [0.4, 0.5) is 5.82 Å². The van der Waals surface area contributed by atoms with Crippen molar-refractivity contribution in [3.63, 3.8) is 0 Å². The van der Waals surface area contributed by atoms with Crippen molar-refractivity contribution in [1.29, 1.82) is 0 Å². The molecule has 0 saturated carbocycles. The first kappa shape index (κ1) is 15.4. The van der Waals surface area contributed by atoms with E-state index >= 15 is 0 Å². The number of hydrogen-bond acceptors (Lipinski definition) is 3. The van der Waals surface area contributed by atoms with Gasteiger partial charge in [0.05, 0.1) is 5.69 Å². The van der Waals surface area contributed by atoms with Crippen LogP contribution in [0, 0.1) is 0 Å². The van der Waals surface area contributed by atoms with Crippen LogP contribution in [0.3, 0.4) is 0 Å². The van der Waals surface area contributed by atoms with Gasteiger partial charge in [0, 0.05) is 5.54 Å². The molecule has 1 heterocycles. The number of nitrogens with zero attached hydrogens (tertiary/aromatic N) is 1. The minimum atomic E-state index is -0.0579. The lowest BCUT2D eigenvalue weighted by Crippen LogP contribution is -2.32. The number of pyridine rings is 1. The lowest BCUT2D eigenvalue weighted by molar-refractivity contribution is 0.516. The molecule has 0 amide bonds. The Balaban J connectivity index is 2.00. The highest BCUT2D eigenvalue weighted by atomic mass is 32.1. The maximum Gasteiger partial charge on any atom is 0.127 e. The molecular formula is C17H21N3S. The third kappa shape index (κ3) is 4.83. The van der Waals surface area contributed by atoms with E-state index in [1.807, 2.05) is 24.3 Å². The van der Waals surface area contributed by atoms with Gasteiger partial charge in [-0.25, -0.2) is 4.98 Å². The van der Waals surface area contributed by atoms with Gasteiger partial charge in [-0.1, -0.05) is 48.6 Å². The number of nitrogens with one attached hydrogen (secondary N) is 1. The molecule has 21 heavy (non-hydrogen) atoms. The Bertz CT molecular complexity index is 608. The minimum absolute atomic E-state index is 0.0579. The average Bonchev–Trinajstić information content (AvgIpc) is 2.46. The molecule has 110 valence electrons. The van der Waals surface area contributed by atoms with Crippen molar-refractivity contribution in [1.82, 2.24) is 4.98 Å². The Morgan fingerprint density at radius 2 is 1.86 bits per heavy atom. The quantitative estimate of drug-likeness (QED) is 0.801. The van der Waals surface area contributed by atoms with E-state index in [-0.39, 0.29) is 5.54 Å². The second-order valence-corrected chi connectivity index (χ2v) is 6.21. The van der Waals surface area contributed by atoms with Crippen LogP contribution >= 0.6 is 12.2 Å². The van der Waals surface area contributed by atoms with Gasteiger partial charge in [0.2, 0.25) is 0 Å². The summed E-state index contributed by atoms with van der Waals surface area (Å²) in [5, 5.41) is 3.46. The first-order valence-electron chi connectivity index (χ1n) is 7.05. The Kier molecular flexibility index (Phi) is 4.91. The summed E-state index contributed by atoms with van der Waals surface area (Å²) in [6, 6.07) is 16.2. The molecule has 2 rings (SSSR count). The fourth-order valence-electron chi connectivity index (χ4n) is 2.15. The summed E-state index contributed by atoms with van der Waals surface area (Å²) in [7, 11) is 0. The van der Waals surface area contributed by atoms with Crippen LogP contribution in [0.5, 0.6) is 0 Å². The molecule has 2 aromatic rings. The first-order valence-corrected chi connectivity index (χ1v) is 7.46. The zero-order chi connectivity index (χ0) is 15.3. The lowest BCUT2D eigenvalue weighted by Gasteiger charge is -2.27. The highest BCUT2D eigenvalue weighted by molar-refractivity contribution is 7.80. The van der Waals surface area contributed by atoms with Crippen LogP contribution in [0.2, 0.25) is 0 Å². The van der Waals surface area contributed by atoms with Gasteiger partial charge in [-0.05, 0) is 44.4 Å². The van der Waals surface area contributed by atoms with Crippen LogP contribution in [-0.4, -0.2) is 15.5 Å². The molecule has 0 unspecified atom stereocenters. The SMILES string of the molecule is CC(C)(CCc1ccccc1)Nc1cccc(C(N)=S)n1. The van der Waals surface area contributed by atoms with Gasteiger partial charge in [-0.3, -0.25) is 0 Å². The summed E-state index contributed by atoms with van der Waals surface area (Å²) >= 11 is 4.97. The Labute approximate surface area is 131 Å². The van der Waals surface area contributed by atoms with E-state index in [2.05, 4.69) is 48.4 Å². The largest absolute Gasteiger partial charge is 0.388 e. The van der Waals surface area contributed by atoms with Crippen molar-refractivity contribution < 1.29 is 0 Å². The summed E-state index contributed by atoms with van der Waals surface area (Å²) in [4.78, 5) is 4.76. The first-order chi connectivity index (χ1) is 9.96. The van der Waals surface area contributed by atoms with Crippen molar-refractivity contribution in [2.24, 2.45) is 5.73 Å². The van der Waals surface area contributed by atoms with Crippen molar-refractivity contribution in [3.8, 4) is 0 Å². The Hall–Kier alpha value is -1.94. The topological polar surface area (TPSA) is 50.9 Å². The zero-order valence-corrected chi connectivity index (χ0v) is 13.3. The summed E-state index contributed by atoms with van der Waals surface area (Å²) in [5.41, 5.74) is 7.56. The molecule has 0 aliphatic carbocycles. The number of aromatic nitrogens is 1. The number of nitrogens with two attached hydrogens (primary N) is 1. The summed E-state index contributed by atoms with van der Waals surface area (Å²) < 4.78 is 0. The van der Waals surface area contributed by atoms with Crippen molar-refractivity contribution in [2.75, 3.05) is 5.32 Å². The zero-order valence-electron chi connectivity index (χ0n) is 12.5. The van der Waals surface area contributed by atoms with Gasteiger partial charge in [-0.15, -0.1) is 0 Å². The van der Waals surface area contributed by atoms with E-state index < -0.39 is 0 Å². The second-order valence-electron chi connectivity index (χ2n) is 5.77. The molecule has 0 radical (unpaired) electrons. The van der Waals surface area contributed by atoms with Crippen LogP contribution in [0.1, 0.15) is 31.5 Å². The molecule has 1 aromatic heterocycles. The predicted octanol–water partition coefficient (Wildman–Crippen LogP) is 3.54. The smallest absolute Gasteiger partial charge is 0.127 e. The van der Waals surface area contributed by atoms with Crippen LogP contribution in [0.15, 0.2) is 48.5 Å². The molecule has 0 saturated heterocycles. The predicted molar refractivity (Wildman–Crippen MR) is 92.6 cm³/mol. The van der Waals surface area contributed by atoms with Crippen molar-refractivity contribution in [2.45, 2.75) is 32.2 Å². The average molecular weight is 299 g/mol. The van der Waals surface area contributed by atoms with E-state index in [0.717, 1.165) is 18.7 Å². The molecule has 0 spiro atoms. The molecule has 0 atom stereocenters. The van der Waals surface area contributed by atoms with E-state index in [0.29, 0.717) is 10.7 Å². The van der Waals surface area contributed by atoms with Gasteiger partial charge >= 0.3 is 0 Å². The van der Waals surface area contributed by atoms with Crippen molar-refractivity contribution in [3.05, 3.63) is 59.8 Å². The normalized spacial score (nSPS) is 11.1. The number of hydrogen-bond donors (Lipinski definition) is 2. The standard InChI is InChI=1S/C17H21N3S/c1-17(2,12-11-13-7-4-3-5-8-13)20-15-10-6-9-14(19-15)16(18)21/h3-10H,11-12H2,1-2H3,(H2,18,21)(H,19,20). The van der Waals surface area contributed by atoms with Gasteiger partial charge in [-0.2, -0.15) is 0 Å². The minimum Gasteiger partial charge on any atom is -0.388 e. The van der Waals surface area contributed by atoms with Crippen LogP contribution in [0.25, 0.3) is 0 Å². The molecule has 0 bridgehead atoms. The molecular weight excluding hydrogens is 278 g/mol. The third-order valence-electron chi connectivity index (χ3n) is 3.35. The van der Waals surface area contributed by atoms with Gasteiger partial charge in [0.25, 0.3) is 0 Å². The summed E-state index contributed by atoms with van der Waals surface area (Å²) in [6.07, 6.45) is 2.03. The number of benzene rings is 1. The molecule has 1 aromatic carbocycles. The van der Waals surface area contributed by atoms with E-state index in [4.69, 9.17) is 18.0 Å². The maximum atomic E-state index is 5.62. The molecule has 4 heteroatoms. The van der Waals surface area contributed by atoms with E-state index in [9.17, 15) is 0 Å². The van der Waals surface area contributed by atoms with E-state index in [1.54, 1.807) is 0 Å². The molecule has 0 aliphatic rings. The monoisotopic (exact) mass is 299 g/mol. The number of rotatable bonds is 6. The fourth-order valence-corrected chi connectivity index (χ4v) is 2.27. The highest BCUT2D eigenvalue weighted by Crippen LogP contribution is 2.19. The Morgan fingerprint density at radius 3 is 2.52 bits per heavy atom. The van der Waals surface area contributed by atoms with Crippen LogP contribution in [-0.2, 0) is 6.42 Å². The van der Waals surface area contributed by atoms with Gasteiger partial charge in [0.15, 0.2) is 0 Å². The second kappa shape index (κ2) is 6.68. The Morgan fingerprint density at radius 1 is 1.14 bits per heavy atom. The van der Waals surface area contributed by atoms with Gasteiger partial charge in [0.1, 0.15) is 10.8 Å². The lowest BCUT2D eigenvalue weighted by atomic mass is 9.95. The third-order valence-corrected chi connectivity index (χ3v) is 3.56. The molecule has 0 fully saturated rings. The number of thiocarbonyl (C=S) groups is 1. The summed E-state index contributed by atoms with van der Waals surface area (Å²) in [6.45, 7) is 4.34. The number of anilines is 1. The molecule has 0 aliphatic heterocycles. The number of aryl methyl sites for hydroxylation is 1. The maximum absolute atomic E-state index is 5.62.